The van der Waals surface area contributed by atoms with Crippen LogP contribution in [0.15, 0.2) is 12.2 Å². The summed E-state index contributed by atoms with van der Waals surface area (Å²) in [5, 5.41) is -0.807. The summed E-state index contributed by atoms with van der Waals surface area (Å²) >= 11 is 6.13. The van der Waals surface area contributed by atoms with Gasteiger partial charge in [0.15, 0.2) is 11.2 Å². The molecule has 0 saturated carbocycles. The summed E-state index contributed by atoms with van der Waals surface area (Å²) in [6, 6.07) is 0. The topological polar surface area (TPSA) is 44.8 Å². The predicted octanol–water partition coefficient (Wildman–Crippen LogP) is 0.633. The number of ketones is 1. The molecule has 1 spiro atoms. The number of alkyl halides is 1. The molecule has 2 saturated heterocycles. The van der Waals surface area contributed by atoms with Crippen molar-refractivity contribution in [3.05, 3.63) is 12.2 Å². The van der Waals surface area contributed by atoms with E-state index >= 15 is 0 Å². The first-order valence-electron chi connectivity index (χ1n) is 4.92. The van der Waals surface area contributed by atoms with E-state index in [9.17, 15) is 4.79 Å². The second-order valence-electron chi connectivity index (χ2n) is 4.13. The maximum atomic E-state index is 11.8. The van der Waals surface area contributed by atoms with Crippen molar-refractivity contribution in [1.82, 2.24) is 0 Å². The van der Waals surface area contributed by atoms with Crippen LogP contribution in [0, 0.1) is 0 Å². The third-order valence-corrected chi connectivity index (χ3v) is 3.74. The first kappa shape index (κ1) is 9.78. The van der Waals surface area contributed by atoms with E-state index in [-0.39, 0.29) is 5.78 Å². The van der Waals surface area contributed by atoms with Crippen LogP contribution in [0.1, 0.15) is 6.92 Å². The van der Waals surface area contributed by atoms with Crippen molar-refractivity contribution < 1.29 is 19.0 Å². The molecule has 3 aliphatic heterocycles. The van der Waals surface area contributed by atoms with Gasteiger partial charge in [-0.15, -0.1) is 11.6 Å². The van der Waals surface area contributed by atoms with Crippen molar-refractivity contribution in [2.24, 2.45) is 0 Å². The van der Waals surface area contributed by atoms with Gasteiger partial charge in [0.1, 0.15) is 11.7 Å². The van der Waals surface area contributed by atoms with Gasteiger partial charge in [0.25, 0.3) is 0 Å². The van der Waals surface area contributed by atoms with E-state index < -0.39 is 22.9 Å². The minimum Gasteiger partial charge on any atom is -0.350 e. The van der Waals surface area contributed by atoms with Gasteiger partial charge in [-0.2, -0.15) is 0 Å². The van der Waals surface area contributed by atoms with Crippen LogP contribution < -0.4 is 0 Å². The molecule has 15 heavy (non-hydrogen) atoms. The molecular formula is C10H11ClO4. The third kappa shape index (κ3) is 1.00. The summed E-state index contributed by atoms with van der Waals surface area (Å²) in [6.07, 6.45) is 2.98. The highest BCUT2D eigenvalue weighted by atomic mass is 35.5. The van der Waals surface area contributed by atoms with Gasteiger partial charge in [0, 0.05) is 0 Å². The number of Topliss-reactive ketones (excluding diaryl/α,β-unsaturated/α-hetero) is 1. The van der Waals surface area contributed by atoms with Crippen LogP contribution in [0.25, 0.3) is 0 Å². The summed E-state index contributed by atoms with van der Waals surface area (Å²) in [6.45, 7) is 2.71. The number of hydrogen-bond donors (Lipinski definition) is 0. The lowest BCUT2D eigenvalue weighted by Gasteiger charge is -2.46. The zero-order valence-corrected chi connectivity index (χ0v) is 8.99. The van der Waals surface area contributed by atoms with Gasteiger partial charge < -0.3 is 14.2 Å². The Kier molecular flexibility index (Phi) is 1.84. The first-order chi connectivity index (χ1) is 7.09. The average Bonchev–Trinajstić information content (AvgIpc) is 2.81. The highest BCUT2D eigenvalue weighted by molar-refractivity contribution is 6.33. The van der Waals surface area contributed by atoms with Gasteiger partial charge in [-0.3, -0.25) is 4.79 Å². The van der Waals surface area contributed by atoms with Crippen molar-refractivity contribution in [3.63, 3.8) is 0 Å². The maximum Gasteiger partial charge on any atom is 0.225 e. The lowest BCUT2D eigenvalue weighted by molar-refractivity contribution is -0.273. The fraction of sp³-hybridized carbons (Fsp3) is 0.700. The number of hydrogen-bond acceptors (Lipinski definition) is 4. The van der Waals surface area contributed by atoms with Crippen LogP contribution in [-0.2, 0) is 19.0 Å². The molecule has 0 radical (unpaired) electrons. The van der Waals surface area contributed by atoms with E-state index in [2.05, 4.69) is 0 Å². The van der Waals surface area contributed by atoms with Crippen LogP contribution >= 0.6 is 11.6 Å². The second-order valence-corrected chi connectivity index (χ2v) is 4.57. The van der Waals surface area contributed by atoms with Gasteiger partial charge >= 0.3 is 0 Å². The van der Waals surface area contributed by atoms with E-state index in [1.165, 1.54) is 0 Å². The van der Waals surface area contributed by atoms with E-state index in [1.807, 2.05) is 13.0 Å². The summed E-state index contributed by atoms with van der Waals surface area (Å²) in [5.41, 5.74) is -0.755. The number of carbonyl (C=O) groups is 1. The minimum atomic E-state index is -1.14. The Labute approximate surface area is 92.1 Å². The molecular weight excluding hydrogens is 220 g/mol. The standard InChI is InChI=1S/C10H11ClO4/c1-9-3-2-6(15-9)7(12)8(11)10(9)13-4-5-14-10/h2-3,6,8H,4-5H2,1H3/t6?,8?,9-/m1/s1. The highest BCUT2D eigenvalue weighted by Gasteiger charge is 2.66. The lowest BCUT2D eigenvalue weighted by Crippen LogP contribution is -2.65. The summed E-state index contributed by atoms with van der Waals surface area (Å²) in [5.74, 6) is -1.33. The molecule has 0 aliphatic carbocycles. The molecule has 0 aromatic carbocycles. The fourth-order valence-electron chi connectivity index (χ4n) is 2.41. The monoisotopic (exact) mass is 230 g/mol. The molecule has 0 amide bonds. The molecule has 3 rings (SSSR count). The zero-order chi connectivity index (χ0) is 10.7. The smallest absolute Gasteiger partial charge is 0.225 e. The molecule has 3 aliphatic rings. The summed E-state index contributed by atoms with van der Waals surface area (Å²) < 4.78 is 16.7. The SMILES string of the molecule is C[C@]12C=CC(O1)C(=O)C(Cl)C21OCCO1. The Morgan fingerprint density at radius 1 is 1.47 bits per heavy atom. The van der Waals surface area contributed by atoms with Crippen molar-refractivity contribution in [2.75, 3.05) is 13.2 Å². The van der Waals surface area contributed by atoms with E-state index in [1.54, 1.807) is 6.08 Å². The van der Waals surface area contributed by atoms with Crippen LogP contribution in [-0.4, -0.2) is 41.9 Å². The van der Waals surface area contributed by atoms with E-state index in [4.69, 9.17) is 25.8 Å². The molecule has 0 aromatic heterocycles. The fourth-order valence-corrected chi connectivity index (χ4v) is 2.88. The first-order valence-corrected chi connectivity index (χ1v) is 5.36. The average molecular weight is 231 g/mol. The Balaban J connectivity index is 2.10. The maximum absolute atomic E-state index is 11.8. The molecule has 2 bridgehead atoms. The minimum absolute atomic E-state index is 0.190. The molecule has 0 aromatic rings. The number of fused-ring (bicyclic) bond motifs is 3. The molecule has 3 atom stereocenters. The molecule has 2 fully saturated rings. The Bertz CT molecular complexity index is 347. The normalized spacial score (nSPS) is 46.7. The molecule has 0 N–H and O–H groups in total. The highest BCUT2D eigenvalue weighted by Crippen LogP contribution is 2.48. The molecule has 4 nitrogen and oxygen atoms in total. The van der Waals surface area contributed by atoms with Crippen LogP contribution in [0.4, 0.5) is 0 Å². The Morgan fingerprint density at radius 3 is 2.80 bits per heavy atom. The summed E-state index contributed by atoms with van der Waals surface area (Å²) in [7, 11) is 0. The van der Waals surface area contributed by atoms with Gasteiger partial charge in [-0.25, -0.2) is 0 Å². The van der Waals surface area contributed by atoms with E-state index in [0.29, 0.717) is 13.2 Å². The molecule has 5 heteroatoms. The summed E-state index contributed by atoms with van der Waals surface area (Å²) in [4.78, 5) is 11.8. The van der Waals surface area contributed by atoms with Crippen molar-refractivity contribution in [3.8, 4) is 0 Å². The number of halogens is 1. The van der Waals surface area contributed by atoms with Gasteiger partial charge in [-0.05, 0) is 19.1 Å². The van der Waals surface area contributed by atoms with Crippen LogP contribution in [0.5, 0.6) is 0 Å². The van der Waals surface area contributed by atoms with Gasteiger partial charge in [0.05, 0.1) is 13.2 Å². The zero-order valence-electron chi connectivity index (χ0n) is 8.23. The van der Waals surface area contributed by atoms with Crippen LogP contribution in [0.3, 0.4) is 0 Å². The molecule has 2 unspecified atom stereocenters. The van der Waals surface area contributed by atoms with Crippen LogP contribution in [0.2, 0.25) is 0 Å². The quantitative estimate of drug-likeness (QED) is 0.452. The largest absolute Gasteiger partial charge is 0.350 e. The third-order valence-electron chi connectivity index (χ3n) is 3.23. The molecule has 3 heterocycles. The van der Waals surface area contributed by atoms with Crippen molar-refractivity contribution in [1.29, 1.82) is 0 Å². The van der Waals surface area contributed by atoms with Gasteiger partial charge in [-0.1, -0.05) is 0 Å². The Morgan fingerprint density at radius 2 is 2.13 bits per heavy atom. The lowest BCUT2D eigenvalue weighted by atomic mass is 9.89. The number of rotatable bonds is 0. The van der Waals surface area contributed by atoms with Gasteiger partial charge in [0.2, 0.25) is 5.79 Å². The second kappa shape index (κ2) is 2.83. The number of carbonyl (C=O) groups excluding carboxylic acids is 1. The van der Waals surface area contributed by atoms with E-state index in [0.717, 1.165) is 0 Å². The Hall–Kier alpha value is -0.420. The predicted molar refractivity (Wildman–Crippen MR) is 51.7 cm³/mol. The van der Waals surface area contributed by atoms with Crippen molar-refractivity contribution in [2.45, 2.75) is 29.8 Å². The molecule has 82 valence electrons. The van der Waals surface area contributed by atoms with Crippen molar-refractivity contribution >= 4 is 17.4 Å². The number of ether oxygens (including phenoxy) is 3.